The minimum Gasteiger partial charge on any atom is -0.374 e. The van der Waals surface area contributed by atoms with Crippen LogP contribution in [-0.4, -0.2) is 6.10 Å². The molecule has 1 aromatic rings. The topological polar surface area (TPSA) is 9.23 Å². The van der Waals surface area contributed by atoms with Gasteiger partial charge < -0.3 is 4.74 Å². The lowest BCUT2D eigenvalue weighted by Crippen LogP contribution is -2.28. The molecule has 0 saturated heterocycles. The Morgan fingerprint density at radius 2 is 1.56 bits per heavy atom. The molecular weight excluding hydrogens is 335 g/mol. The summed E-state index contributed by atoms with van der Waals surface area (Å²) in [7, 11) is 0. The average Bonchev–Trinajstić information content (AvgIpc) is 2.72. The summed E-state index contributed by atoms with van der Waals surface area (Å²) >= 11 is 0. The third-order valence-corrected chi connectivity index (χ3v) is 6.73. The molecule has 2 heteroatoms. The molecule has 2 fully saturated rings. The summed E-state index contributed by atoms with van der Waals surface area (Å²) in [4.78, 5) is 0. The minimum absolute atomic E-state index is 0.176. The Labute approximate surface area is 165 Å². The highest BCUT2D eigenvalue weighted by Gasteiger charge is 2.30. The van der Waals surface area contributed by atoms with Crippen LogP contribution in [0.4, 0.5) is 4.39 Å². The van der Waals surface area contributed by atoms with Crippen molar-refractivity contribution in [1.29, 1.82) is 0 Å². The van der Waals surface area contributed by atoms with Crippen LogP contribution < -0.4 is 0 Å². The predicted octanol–water partition coefficient (Wildman–Crippen LogP) is 7.45. The maximum atomic E-state index is 13.0. The smallest absolute Gasteiger partial charge is 0.123 e. The monoisotopic (exact) mass is 372 g/mol. The van der Waals surface area contributed by atoms with E-state index >= 15 is 0 Å². The van der Waals surface area contributed by atoms with Gasteiger partial charge >= 0.3 is 0 Å². The van der Waals surface area contributed by atoms with Crippen LogP contribution in [0, 0.1) is 23.6 Å². The number of hydrogen-bond donors (Lipinski definition) is 0. The lowest BCUT2D eigenvalue weighted by Gasteiger charge is -2.37. The summed E-state index contributed by atoms with van der Waals surface area (Å²) in [6, 6.07) is 6.70. The Balaban J connectivity index is 1.32. The average molecular weight is 373 g/mol. The molecule has 2 saturated carbocycles. The molecule has 1 aromatic carbocycles. The van der Waals surface area contributed by atoms with Crippen molar-refractivity contribution in [3.8, 4) is 0 Å². The first-order chi connectivity index (χ1) is 13.2. The summed E-state index contributed by atoms with van der Waals surface area (Å²) in [5, 5.41) is 0. The van der Waals surface area contributed by atoms with Gasteiger partial charge in [-0.25, -0.2) is 4.39 Å². The molecule has 0 heterocycles. The molecule has 0 N–H and O–H groups in total. The maximum Gasteiger partial charge on any atom is 0.123 e. The highest BCUT2D eigenvalue weighted by molar-refractivity contribution is 5.15. The zero-order chi connectivity index (χ0) is 18.9. The molecule has 3 rings (SSSR count). The molecule has 150 valence electrons. The number of halogens is 1. The van der Waals surface area contributed by atoms with E-state index in [-0.39, 0.29) is 5.82 Å². The van der Waals surface area contributed by atoms with Crippen LogP contribution in [0.25, 0.3) is 0 Å². The van der Waals surface area contributed by atoms with Crippen LogP contribution in [-0.2, 0) is 11.3 Å². The first-order valence-corrected chi connectivity index (χ1v) is 11.3. The van der Waals surface area contributed by atoms with Crippen LogP contribution in [0.5, 0.6) is 0 Å². The van der Waals surface area contributed by atoms with Crippen molar-refractivity contribution in [1.82, 2.24) is 0 Å². The number of rotatable bonds is 8. The van der Waals surface area contributed by atoms with Crippen LogP contribution >= 0.6 is 0 Å². The van der Waals surface area contributed by atoms with Gasteiger partial charge in [-0.2, -0.15) is 0 Å². The van der Waals surface area contributed by atoms with Crippen molar-refractivity contribution in [2.45, 2.75) is 90.3 Å². The molecule has 0 unspecified atom stereocenters. The zero-order valence-corrected chi connectivity index (χ0v) is 17.0. The SMILES string of the molecule is CCCC/C=C/C1CCC(C2CCC(OCc3ccc(F)cc3)CC2)CC1. The molecule has 1 nitrogen and oxygen atoms in total. The van der Waals surface area contributed by atoms with Crippen molar-refractivity contribution in [3.05, 3.63) is 47.8 Å². The first kappa shape index (κ1) is 20.6. The molecule has 0 atom stereocenters. The minimum atomic E-state index is -0.176. The largest absolute Gasteiger partial charge is 0.374 e. The molecular formula is C25H37FO. The fourth-order valence-electron chi connectivity index (χ4n) is 4.94. The molecule has 27 heavy (non-hydrogen) atoms. The Kier molecular flexibility index (Phi) is 8.38. The van der Waals surface area contributed by atoms with E-state index in [1.807, 2.05) is 12.1 Å². The van der Waals surface area contributed by atoms with E-state index in [1.165, 1.54) is 82.8 Å². The van der Waals surface area contributed by atoms with Crippen LogP contribution in [0.1, 0.15) is 83.1 Å². The van der Waals surface area contributed by atoms with Gasteiger partial charge in [-0.3, -0.25) is 0 Å². The van der Waals surface area contributed by atoms with Gasteiger partial charge in [-0.1, -0.05) is 44.1 Å². The summed E-state index contributed by atoms with van der Waals surface area (Å²) in [5.41, 5.74) is 1.07. The molecule has 2 aliphatic rings. The van der Waals surface area contributed by atoms with E-state index in [0.717, 1.165) is 23.3 Å². The Hall–Kier alpha value is -1.15. The van der Waals surface area contributed by atoms with Crippen molar-refractivity contribution in [2.75, 3.05) is 0 Å². The van der Waals surface area contributed by atoms with Gasteiger partial charge in [0.1, 0.15) is 5.82 Å². The molecule has 0 aromatic heterocycles. The van der Waals surface area contributed by atoms with E-state index in [4.69, 9.17) is 4.74 Å². The molecule has 0 radical (unpaired) electrons. The van der Waals surface area contributed by atoms with Crippen molar-refractivity contribution >= 4 is 0 Å². The zero-order valence-electron chi connectivity index (χ0n) is 17.0. The van der Waals surface area contributed by atoms with E-state index in [9.17, 15) is 4.39 Å². The fraction of sp³-hybridized carbons (Fsp3) is 0.680. The van der Waals surface area contributed by atoms with Crippen LogP contribution in [0.3, 0.4) is 0 Å². The standard InChI is InChI=1S/C25H37FO/c1-2-3-4-5-6-20-7-11-22(12-8-20)23-13-17-25(18-14-23)27-19-21-9-15-24(26)16-10-21/h5-6,9-10,15-16,20,22-23,25H,2-4,7-8,11-14,17-19H2,1H3/b6-5+. The molecule has 0 amide bonds. The van der Waals surface area contributed by atoms with E-state index in [2.05, 4.69) is 19.1 Å². The maximum absolute atomic E-state index is 13.0. The summed E-state index contributed by atoms with van der Waals surface area (Å²) < 4.78 is 19.1. The van der Waals surface area contributed by atoms with E-state index in [1.54, 1.807) is 0 Å². The van der Waals surface area contributed by atoms with E-state index < -0.39 is 0 Å². The summed E-state index contributed by atoms with van der Waals surface area (Å²) in [6.07, 6.45) is 19.9. The Bertz CT molecular complexity index is 548. The summed E-state index contributed by atoms with van der Waals surface area (Å²) in [6.45, 7) is 2.88. The van der Waals surface area contributed by atoms with Crippen molar-refractivity contribution in [2.24, 2.45) is 17.8 Å². The number of allylic oxidation sites excluding steroid dienone is 2. The highest BCUT2D eigenvalue weighted by atomic mass is 19.1. The highest BCUT2D eigenvalue weighted by Crippen LogP contribution is 2.41. The number of ether oxygens (including phenoxy) is 1. The lowest BCUT2D eigenvalue weighted by atomic mass is 9.70. The number of benzene rings is 1. The molecule has 2 aliphatic carbocycles. The molecule has 0 aliphatic heterocycles. The van der Waals surface area contributed by atoms with Gasteiger partial charge in [-0.15, -0.1) is 0 Å². The second-order valence-corrected chi connectivity index (χ2v) is 8.72. The number of unbranched alkanes of at least 4 members (excludes halogenated alkanes) is 2. The van der Waals surface area contributed by atoms with E-state index in [0.29, 0.717) is 12.7 Å². The third kappa shape index (κ3) is 6.75. The van der Waals surface area contributed by atoms with Gasteiger partial charge in [0.05, 0.1) is 12.7 Å². The summed E-state index contributed by atoms with van der Waals surface area (Å²) in [5.74, 6) is 2.53. The van der Waals surface area contributed by atoms with Gasteiger partial charge in [0.2, 0.25) is 0 Å². The fourth-order valence-corrected chi connectivity index (χ4v) is 4.94. The Morgan fingerprint density at radius 1 is 0.926 bits per heavy atom. The van der Waals surface area contributed by atoms with Gasteiger partial charge in [0.25, 0.3) is 0 Å². The third-order valence-electron chi connectivity index (χ3n) is 6.73. The predicted molar refractivity (Wildman–Crippen MR) is 111 cm³/mol. The van der Waals surface area contributed by atoms with Crippen LogP contribution in [0.2, 0.25) is 0 Å². The normalized spacial score (nSPS) is 29.3. The van der Waals surface area contributed by atoms with Gasteiger partial charge in [0, 0.05) is 0 Å². The second-order valence-electron chi connectivity index (χ2n) is 8.72. The molecule has 0 bridgehead atoms. The van der Waals surface area contributed by atoms with Crippen LogP contribution in [0.15, 0.2) is 36.4 Å². The lowest BCUT2D eigenvalue weighted by molar-refractivity contribution is -0.00229. The van der Waals surface area contributed by atoms with Gasteiger partial charge in [-0.05, 0) is 93.2 Å². The Morgan fingerprint density at radius 3 is 2.19 bits per heavy atom. The van der Waals surface area contributed by atoms with Crippen molar-refractivity contribution in [3.63, 3.8) is 0 Å². The van der Waals surface area contributed by atoms with Crippen molar-refractivity contribution < 1.29 is 9.13 Å². The van der Waals surface area contributed by atoms with Gasteiger partial charge in [0.15, 0.2) is 0 Å². The first-order valence-electron chi connectivity index (χ1n) is 11.3. The quantitative estimate of drug-likeness (QED) is 0.340. The number of hydrogen-bond acceptors (Lipinski definition) is 1. The molecule has 0 spiro atoms. The second kappa shape index (κ2) is 11.0.